The third kappa shape index (κ3) is 2.34. The largest absolute Gasteiger partial charge is 0.461 e. The van der Waals surface area contributed by atoms with Gasteiger partial charge in [0.05, 0.1) is 5.60 Å². The SMILES string of the molecule is COC1(C)CCCC2(C)C1=CC(=O)CC2OC(C)=O. The summed E-state index contributed by atoms with van der Waals surface area (Å²) in [5.41, 5.74) is 0.264. The van der Waals surface area contributed by atoms with Crippen LogP contribution in [0.15, 0.2) is 11.6 Å². The Morgan fingerprint density at radius 2 is 2.05 bits per heavy atom. The van der Waals surface area contributed by atoms with Crippen molar-refractivity contribution >= 4 is 11.8 Å². The van der Waals surface area contributed by atoms with Gasteiger partial charge >= 0.3 is 5.97 Å². The van der Waals surface area contributed by atoms with E-state index in [4.69, 9.17) is 9.47 Å². The molecule has 0 radical (unpaired) electrons. The van der Waals surface area contributed by atoms with Crippen molar-refractivity contribution in [3.63, 3.8) is 0 Å². The zero-order valence-corrected chi connectivity index (χ0v) is 12.1. The number of esters is 1. The Bertz CT molecular complexity index is 439. The number of methoxy groups -OCH3 is 1. The van der Waals surface area contributed by atoms with Crippen molar-refractivity contribution in [3.8, 4) is 0 Å². The Kier molecular flexibility index (Phi) is 3.56. The lowest BCUT2D eigenvalue weighted by molar-refractivity contribution is -0.157. The van der Waals surface area contributed by atoms with Gasteiger partial charge in [0.25, 0.3) is 0 Å². The Morgan fingerprint density at radius 1 is 1.37 bits per heavy atom. The molecule has 0 aromatic rings. The average Bonchev–Trinajstić information content (AvgIpc) is 2.32. The van der Waals surface area contributed by atoms with Crippen molar-refractivity contribution in [2.45, 2.75) is 58.2 Å². The van der Waals surface area contributed by atoms with Crippen LogP contribution in [0.1, 0.15) is 46.5 Å². The summed E-state index contributed by atoms with van der Waals surface area (Å²) < 4.78 is 11.1. The molecule has 0 amide bonds. The van der Waals surface area contributed by atoms with Gasteiger partial charge in [-0.05, 0) is 37.8 Å². The molecule has 4 heteroatoms. The molecular formula is C15H22O4. The van der Waals surface area contributed by atoms with Crippen molar-refractivity contribution in [1.29, 1.82) is 0 Å². The first-order valence-corrected chi connectivity index (χ1v) is 6.80. The molecule has 0 N–H and O–H groups in total. The molecule has 0 aromatic carbocycles. The second-order valence-electron chi connectivity index (χ2n) is 6.03. The maximum absolute atomic E-state index is 11.9. The van der Waals surface area contributed by atoms with Gasteiger partial charge < -0.3 is 9.47 Å². The van der Waals surface area contributed by atoms with E-state index in [-0.39, 0.29) is 29.7 Å². The number of rotatable bonds is 2. The molecule has 0 heterocycles. The summed E-state index contributed by atoms with van der Waals surface area (Å²) in [4.78, 5) is 23.2. The predicted molar refractivity (Wildman–Crippen MR) is 70.6 cm³/mol. The molecule has 0 aromatic heterocycles. The van der Waals surface area contributed by atoms with Gasteiger partial charge in [0.2, 0.25) is 0 Å². The quantitative estimate of drug-likeness (QED) is 0.720. The standard InChI is InChI=1S/C15H22O4/c1-10(16)19-13-9-11(17)8-12-14(13,2)6-5-7-15(12,3)18-4/h8,13H,5-7,9H2,1-4H3. The number of carbonyl (C=O) groups excluding carboxylic acids is 2. The van der Waals surface area contributed by atoms with Gasteiger partial charge in [-0.3, -0.25) is 9.59 Å². The highest BCUT2D eigenvalue weighted by atomic mass is 16.5. The van der Waals surface area contributed by atoms with Crippen LogP contribution < -0.4 is 0 Å². The van der Waals surface area contributed by atoms with Crippen molar-refractivity contribution < 1.29 is 19.1 Å². The van der Waals surface area contributed by atoms with Crippen molar-refractivity contribution in [2.75, 3.05) is 7.11 Å². The monoisotopic (exact) mass is 266 g/mol. The molecule has 0 spiro atoms. The highest BCUT2D eigenvalue weighted by molar-refractivity contribution is 5.93. The normalized spacial score (nSPS) is 38.4. The molecule has 1 saturated carbocycles. The zero-order valence-electron chi connectivity index (χ0n) is 12.1. The topological polar surface area (TPSA) is 52.6 Å². The Labute approximate surface area is 114 Å². The van der Waals surface area contributed by atoms with Gasteiger partial charge in [0.15, 0.2) is 5.78 Å². The lowest BCUT2D eigenvalue weighted by atomic mass is 9.59. The molecule has 3 atom stereocenters. The highest BCUT2D eigenvalue weighted by Crippen LogP contribution is 2.52. The molecule has 19 heavy (non-hydrogen) atoms. The number of hydrogen-bond donors (Lipinski definition) is 0. The van der Waals surface area contributed by atoms with E-state index in [2.05, 4.69) is 6.92 Å². The third-order valence-electron chi connectivity index (χ3n) is 4.70. The van der Waals surface area contributed by atoms with E-state index in [1.165, 1.54) is 6.92 Å². The fourth-order valence-electron chi connectivity index (χ4n) is 3.53. The minimum absolute atomic E-state index is 0.0175. The van der Waals surface area contributed by atoms with Gasteiger partial charge in [-0.1, -0.05) is 6.92 Å². The summed E-state index contributed by atoms with van der Waals surface area (Å²) in [5, 5.41) is 0. The van der Waals surface area contributed by atoms with Gasteiger partial charge in [0, 0.05) is 25.9 Å². The Hall–Kier alpha value is -1.16. The fourth-order valence-corrected chi connectivity index (χ4v) is 3.53. The maximum Gasteiger partial charge on any atom is 0.302 e. The molecule has 0 aliphatic heterocycles. The van der Waals surface area contributed by atoms with Gasteiger partial charge in [-0.15, -0.1) is 0 Å². The predicted octanol–water partition coefficient (Wildman–Crippen LogP) is 2.41. The first kappa shape index (κ1) is 14.3. The molecule has 4 nitrogen and oxygen atoms in total. The number of carbonyl (C=O) groups is 2. The minimum Gasteiger partial charge on any atom is -0.461 e. The third-order valence-corrected chi connectivity index (χ3v) is 4.70. The smallest absolute Gasteiger partial charge is 0.302 e. The summed E-state index contributed by atoms with van der Waals surface area (Å²) in [6.45, 7) is 5.49. The second kappa shape index (κ2) is 4.75. The number of allylic oxidation sites excluding steroid dienone is 1. The summed E-state index contributed by atoms with van der Waals surface area (Å²) in [5.74, 6) is -0.311. The maximum atomic E-state index is 11.9. The van der Waals surface area contributed by atoms with Crippen LogP contribution >= 0.6 is 0 Å². The van der Waals surface area contributed by atoms with Gasteiger partial charge in [0.1, 0.15) is 6.10 Å². The van der Waals surface area contributed by atoms with E-state index in [9.17, 15) is 9.59 Å². The second-order valence-corrected chi connectivity index (χ2v) is 6.03. The first-order chi connectivity index (χ1) is 8.82. The van der Waals surface area contributed by atoms with Crippen molar-refractivity contribution in [2.24, 2.45) is 5.41 Å². The van der Waals surface area contributed by atoms with Crippen LogP contribution in [0.4, 0.5) is 0 Å². The average molecular weight is 266 g/mol. The molecule has 106 valence electrons. The summed E-state index contributed by atoms with van der Waals surface area (Å²) in [6, 6.07) is 0. The molecule has 2 rings (SSSR count). The lowest BCUT2D eigenvalue weighted by Gasteiger charge is -2.51. The summed E-state index contributed by atoms with van der Waals surface area (Å²) in [6.07, 6.45) is 4.44. The van der Waals surface area contributed by atoms with Crippen LogP contribution in [0, 0.1) is 5.41 Å². The van der Waals surface area contributed by atoms with Crippen molar-refractivity contribution in [1.82, 2.24) is 0 Å². The van der Waals surface area contributed by atoms with Crippen LogP contribution in [-0.2, 0) is 19.1 Å². The molecule has 2 aliphatic carbocycles. The van der Waals surface area contributed by atoms with E-state index in [0.717, 1.165) is 24.8 Å². The minimum atomic E-state index is -0.429. The molecule has 0 bridgehead atoms. The van der Waals surface area contributed by atoms with Crippen LogP contribution in [0.2, 0.25) is 0 Å². The zero-order chi connectivity index (χ0) is 14.3. The van der Waals surface area contributed by atoms with E-state index in [1.807, 2.05) is 6.92 Å². The molecule has 3 unspecified atom stereocenters. The van der Waals surface area contributed by atoms with Gasteiger partial charge in [-0.2, -0.15) is 0 Å². The van der Waals surface area contributed by atoms with E-state index < -0.39 is 5.60 Å². The molecule has 2 aliphatic rings. The van der Waals surface area contributed by atoms with E-state index >= 15 is 0 Å². The molecular weight excluding hydrogens is 244 g/mol. The van der Waals surface area contributed by atoms with Crippen LogP contribution in [0.3, 0.4) is 0 Å². The van der Waals surface area contributed by atoms with Crippen molar-refractivity contribution in [3.05, 3.63) is 11.6 Å². The number of ketones is 1. The fraction of sp³-hybridized carbons (Fsp3) is 0.733. The van der Waals surface area contributed by atoms with Crippen LogP contribution in [0.25, 0.3) is 0 Å². The summed E-state index contributed by atoms with van der Waals surface area (Å²) >= 11 is 0. The van der Waals surface area contributed by atoms with Crippen LogP contribution in [0.5, 0.6) is 0 Å². The molecule has 1 fully saturated rings. The highest BCUT2D eigenvalue weighted by Gasteiger charge is 2.52. The number of fused-ring (bicyclic) bond motifs is 1. The Morgan fingerprint density at radius 3 is 2.63 bits per heavy atom. The first-order valence-electron chi connectivity index (χ1n) is 6.80. The number of ether oxygens (including phenoxy) is 2. The lowest BCUT2D eigenvalue weighted by Crippen LogP contribution is -2.52. The number of hydrogen-bond acceptors (Lipinski definition) is 4. The molecule has 0 saturated heterocycles. The van der Waals surface area contributed by atoms with Crippen LogP contribution in [-0.4, -0.2) is 30.6 Å². The summed E-state index contributed by atoms with van der Waals surface area (Å²) in [7, 11) is 1.67. The Balaban J connectivity index is 2.43. The van der Waals surface area contributed by atoms with E-state index in [0.29, 0.717) is 0 Å². The van der Waals surface area contributed by atoms with Gasteiger partial charge in [-0.25, -0.2) is 0 Å². The van der Waals surface area contributed by atoms with E-state index in [1.54, 1.807) is 13.2 Å².